The second kappa shape index (κ2) is 3.80. The van der Waals surface area contributed by atoms with Crippen LogP contribution in [-0.2, 0) is 11.2 Å². The summed E-state index contributed by atoms with van der Waals surface area (Å²) >= 11 is 0. The van der Waals surface area contributed by atoms with Gasteiger partial charge in [-0.2, -0.15) is 0 Å². The molecular weight excluding hydrogens is 200 g/mol. The molecule has 82 valence electrons. The molecule has 0 bridgehead atoms. The highest BCUT2D eigenvalue weighted by atomic mass is 16.7. The zero-order valence-electron chi connectivity index (χ0n) is 9.27. The average molecular weight is 214 g/mol. The van der Waals surface area contributed by atoms with Crippen LogP contribution < -0.4 is 4.74 Å². The van der Waals surface area contributed by atoms with E-state index in [1.165, 1.54) is 16.3 Å². The van der Waals surface area contributed by atoms with Gasteiger partial charge in [0.05, 0.1) is 0 Å². The SMILES string of the molecule is CCOC1Cc2cc3ccccc3cc2O1. The molecule has 1 aliphatic rings. The molecule has 0 saturated carbocycles. The number of ether oxygens (including phenoxy) is 2. The summed E-state index contributed by atoms with van der Waals surface area (Å²) in [5.74, 6) is 0.970. The van der Waals surface area contributed by atoms with E-state index in [1.807, 2.05) is 13.0 Å². The molecule has 1 heterocycles. The van der Waals surface area contributed by atoms with E-state index in [9.17, 15) is 0 Å². The Hall–Kier alpha value is -1.54. The Morgan fingerprint density at radius 2 is 2.00 bits per heavy atom. The minimum atomic E-state index is -0.100. The largest absolute Gasteiger partial charge is 0.464 e. The molecule has 0 amide bonds. The van der Waals surface area contributed by atoms with Gasteiger partial charge in [0.2, 0.25) is 6.29 Å². The van der Waals surface area contributed by atoms with Gasteiger partial charge in [-0.15, -0.1) is 0 Å². The smallest absolute Gasteiger partial charge is 0.204 e. The molecule has 1 atom stereocenters. The molecule has 1 aliphatic heterocycles. The molecule has 0 fully saturated rings. The first-order valence-corrected chi connectivity index (χ1v) is 5.67. The van der Waals surface area contributed by atoms with Crippen LogP contribution in [0.15, 0.2) is 36.4 Å². The number of fused-ring (bicyclic) bond motifs is 2. The molecular formula is C14H14O2. The molecule has 3 rings (SSSR count). The van der Waals surface area contributed by atoms with Gasteiger partial charge in [0.25, 0.3) is 0 Å². The van der Waals surface area contributed by atoms with E-state index in [4.69, 9.17) is 9.47 Å². The summed E-state index contributed by atoms with van der Waals surface area (Å²) in [5, 5.41) is 2.49. The first-order valence-electron chi connectivity index (χ1n) is 5.67. The Labute approximate surface area is 94.8 Å². The van der Waals surface area contributed by atoms with Crippen molar-refractivity contribution in [1.29, 1.82) is 0 Å². The molecule has 2 heteroatoms. The van der Waals surface area contributed by atoms with Crippen molar-refractivity contribution in [2.24, 2.45) is 0 Å². The van der Waals surface area contributed by atoms with Crippen molar-refractivity contribution in [1.82, 2.24) is 0 Å². The van der Waals surface area contributed by atoms with Gasteiger partial charge < -0.3 is 9.47 Å². The van der Waals surface area contributed by atoms with Crippen LogP contribution in [0, 0.1) is 0 Å². The Bertz CT molecular complexity index is 475. The van der Waals surface area contributed by atoms with Crippen molar-refractivity contribution in [3.05, 3.63) is 42.0 Å². The van der Waals surface area contributed by atoms with Crippen LogP contribution in [0.4, 0.5) is 0 Å². The summed E-state index contributed by atoms with van der Waals surface area (Å²) in [6, 6.07) is 12.6. The number of hydrogen-bond donors (Lipinski definition) is 0. The molecule has 2 aromatic rings. The lowest BCUT2D eigenvalue weighted by molar-refractivity contribution is -0.0602. The molecule has 0 aliphatic carbocycles. The van der Waals surface area contributed by atoms with Crippen LogP contribution in [0.2, 0.25) is 0 Å². The van der Waals surface area contributed by atoms with Crippen molar-refractivity contribution < 1.29 is 9.47 Å². The topological polar surface area (TPSA) is 18.5 Å². The molecule has 0 N–H and O–H groups in total. The van der Waals surface area contributed by atoms with Gasteiger partial charge in [-0.25, -0.2) is 0 Å². The fourth-order valence-electron chi connectivity index (χ4n) is 2.18. The van der Waals surface area contributed by atoms with Crippen LogP contribution in [-0.4, -0.2) is 12.9 Å². The first-order chi connectivity index (χ1) is 7.86. The molecule has 16 heavy (non-hydrogen) atoms. The summed E-state index contributed by atoms with van der Waals surface area (Å²) in [6.45, 7) is 2.68. The lowest BCUT2D eigenvalue weighted by Gasteiger charge is -2.09. The van der Waals surface area contributed by atoms with Crippen LogP contribution in [0.3, 0.4) is 0 Å². The number of hydrogen-bond acceptors (Lipinski definition) is 2. The maximum Gasteiger partial charge on any atom is 0.204 e. The molecule has 1 unspecified atom stereocenters. The molecule has 0 aromatic heterocycles. The van der Waals surface area contributed by atoms with Gasteiger partial charge in [0, 0.05) is 18.6 Å². The molecule has 0 radical (unpaired) electrons. The van der Waals surface area contributed by atoms with Crippen LogP contribution in [0.1, 0.15) is 12.5 Å². The predicted octanol–water partition coefficient (Wildman–Crippen LogP) is 3.14. The van der Waals surface area contributed by atoms with E-state index < -0.39 is 0 Å². The van der Waals surface area contributed by atoms with Gasteiger partial charge in [-0.3, -0.25) is 0 Å². The zero-order valence-corrected chi connectivity index (χ0v) is 9.27. The van der Waals surface area contributed by atoms with Gasteiger partial charge in [0.15, 0.2) is 0 Å². The zero-order chi connectivity index (χ0) is 11.0. The number of rotatable bonds is 2. The highest BCUT2D eigenvalue weighted by Gasteiger charge is 2.23. The molecule has 2 aromatic carbocycles. The summed E-state index contributed by atoms with van der Waals surface area (Å²) in [6.07, 6.45) is 0.755. The second-order valence-electron chi connectivity index (χ2n) is 4.01. The first kappa shape index (κ1) is 9.67. The van der Waals surface area contributed by atoms with E-state index >= 15 is 0 Å². The van der Waals surface area contributed by atoms with Crippen LogP contribution in [0.5, 0.6) is 5.75 Å². The minimum Gasteiger partial charge on any atom is -0.464 e. The van der Waals surface area contributed by atoms with Crippen LogP contribution >= 0.6 is 0 Å². The van der Waals surface area contributed by atoms with Crippen molar-refractivity contribution >= 4 is 10.8 Å². The Kier molecular flexibility index (Phi) is 2.29. The standard InChI is InChI=1S/C14H14O2/c1-2-15-14-9-12-7-10-5-3-4-6-11(10)8-13(12)16-14/h3-8,14H,2,9H2,1H3. The number of benzene rings is 2. The third kappa shape index (κ3) is 1.55. The van der Waals surface area contributed by atoms with E-state index in [2.05, 4.69) is 30.3 Å². The fourth-order valence-corrected chi connectivity index (χ4v) is 2.18. The molecule has 0 saturated heterocycles. The lowest BCUT2D eigenvalue weighted by atomic mass is 10.1. The summed E-state index contributed by atoms with van der Waals surface area (Å²) in [7, 11) is 0. The van der Waals surface area contributed by atoms with Gasteiger partial charge in [-0.05, 0) is 29.8 Å². The van der Waals surface area contributed by atoms with E-state index in [0.29, 0.717) is 6.61 Å². The summed E-state index contributed by atoms with van der Waals surface area (Å²) in [5.41, 5.74) is 1.25. The summed E-state index contributed by atoms with van der Waals surface area (Å²) in [4.78, 5) is 0. The Morgan fingerprint density at radius 1 is 1.25 bits per heavy atom. The van der Waals surface area contributed by atoms with Gasteiger partial charge in [-0.1, -0.05) is 24.3 Å². The molecule has 0 spiro atoms. The third-order valence-electron chi connectivity index (χ3n) is 2.93. The van der Waals surface area contributed by atoms with E-state index in [-0.39, 0.29) is 6.29 Å². The van der Waals surface area contributed by atoms with Crippen molar-refractivity contribution in [2.45, 2.75) is 19.6 Å². The van der Waals surface area contributed by atoms with Gasteiger partial charge >= 0.3 is 0 Å². The predicted molar refractivity (Wildman–Crippen MR) is 63.7 cm³/mol. The Morgan fingerprint density at radius 3 is 2.75 bits per heavy atom. The average Bonchev–Trinajstić information content (AvgIpc) is 2.67. The third-order valence-corrected chi connectivity index (χ3v) is 2.93. The fraction of sp³-hybridized carbons (Fsp3) is 0.286. The van der Waals surface area contributed by atoms with Crippen molar-refractivity contribution in [2.75, 3.05) is 6.61 Å². The highest BCUT2D eigenvalue weighted by Crippen LogP contribution is 2.33. The second-order valence-corrected chi connectivity index (χ2v) is 4.01. The normalized spacial score (nSPS) is 18.4. The van der Waals surface area contributed by atoms with Crippen molar-refractivity contribution in [3.63, 3.8) is 0 Å². The highest BCUT2D eigenvalue weighted by molar-refractivity contribution is 5.85. The maximum absolute atomic E-state index is 5.73. The Balaban J connectivity index is 2.01. The molecule has 2 nitrogen and oxygen atoms in total. The minimum absolute atomic E-state index is 0.100. The lowest BCUT2D eigenvalue weighted by Crippen LogP contribution is -2.16. The van der Waals surface area contributed by atoms with Gasteiger partial charge in [0.1, 0.15) is 5.75 Å². The van der Waals surface area contributed by atoms with E-state index in [1.54, 1.807) is 0 Å². The monoisotopic (exact) mass is 214 g/mol. The summed E-state index contributed by atoms with van der Waals surface area (Å²) < 4.78 is 11.2. The van der Waals surface area contributed by atoms with Crippen molar-refractivity contribution in [3.8, 4) is 5.75 Å². The van der Waals surface area contributed by atoms with E-state index in [0.717, 1.165) is 12.2 Å². The quantitative estimate of drug-likeness (QED) is 0.764. The van der Waals surface area contributed by atoms with Crippen LogP contribution in [0.25, 0.3) is 10.8 Å². The maximum atomic E-state index is 5.73.